The van der Waals surface area contributed by atoms with Crippen LogP contribution in [0.5, 0.6) is 0 Å². The highest BCUT2D eigenvalue weighted by Gasteiger charge is 2.26. The van der Waals surface area contributed by atoms with Gasteiger partial charge in [0.2, 0.25) is 0 Å². The van der Waals surface area contributed by atoms with E-state index in [0.717, 1.165) is 0 Å². The molecule has 0 atom stereocenters. The highest BCUT2D eigenvalue weighted by molar-refractivity contribution is 7.52. The van der Waals surface area contributed by atoms with E-state index in [9.17, 15) is 43.1 Å². The molecule has 0 radical (unpaired) electrons. The minimum absolute atomic E-state index is 0.0918. The third kappa shape index (κ3) is 10.7. The van der Waals surface area contributed by atoms with E-state index in [-0.39, 0.29) is 39.3 Å². The number of fused-ring (bicyclic) bond motifs is 2. The second kappa shape index (κ2) is 10.4. The van der Waals surface area contributed by atoms with Gasteiger partial charge in [0.05, 0.1) is 11.4 Å². The molecule has 0 saturated carbocycles. The molecule has 16 heteroatoms. The molecule has 13 nitrogen and oxygen atoms in total. The molecule has 0 aliphatic carbocycles. The third-order valence-electron chi connectivity index (χ3n) is 4.25. The molecule has 0 fully saturated rings. The summed E-state index contributed by atoms with van der Waals surface area (Å²) < 4.78 is 34.5. The molecule has 0 amide bonds. The van der Waals surface area contributed by atoms with Crippen molar-refractivity contribution in [2.45, 2.75) is 13.1 Å². The molecular formula is C14H27N4O9P3. The summed E-state index contributed by atoms with van der Waals surface area (Å²) in [7, 11) is -13.2. The van der Waals surface area contributed by atoms with Crippen LogP contribution in [0.2, 0.25) is 0 Å². The minimum Gasteiger partial charge on any atom is -0.324 e. The lowest BCUT2D eigenvalue weighted by atomic mass is 10.2. The molecule has 2 bridgehead atoms. The Morgan fingerprint density at radius 1 is 0.667 bits per heavy atom. The van der Waals surface area contributed by atoms with Crippen molar-refractivity contribution in [3.63, 3.8) is 0 Å². The Morgan fingerprint density at radius 2 is 1.00 bits per heavy atom. The maximum absolute atomic E-state index is 11.5. The number of aromatic nitrogens is 1. The first kappa shape index (κ1) is 25.7. The van der Waals surface area contributed by atoms with Gasteiger partial charge in [0.15, 0.2) is 0 Å². The second-order valence-corrected chi connectivity index (χ2v) is 12.1. The number of nitrogens with zero attached hydrogens (tertiary/aromatic N) is 4. The minimum atomic E-state index is -4.42. The summed E-state index contributed by atoms with van der Waals surface area (Å²) in [4.78, 5) is 64.9. The van der Waals surface area contributed by atoms with E-state index in [1.165, 1.54) is 14.7 Å². The Bertz CT molecular complexity index is 802. The van der Waals surface area contributed by atoms with Crippen molar-refractivity contribution in [3.05, 3.63) is 29.6 Å². The van der Waals surface area contributed by atoms with Crippen LogP contribution in [0.15, 0.2) is 18.2 Å². The number of pyridine rings is 1. The smallest absolute Gasteiger partial charge is 0.324 e. The van der Waals surface area contributed by atoms with Gasteiger partial charge in [-0.15, -0.1) is 0 Å². The molecular weight excluding hydrogens is 461 g/mol. The van der Waals surface area contributed by atoms with Crippen LogP contribution in [-0.4, -0.2) is 94.1 Å². The summed E-state index contributed by atoms with van der Waals surface area (Å²) in [5.41, 5.74) is 1.03. The van der Waals surface area contributed by atoms with Crippen molar-refractivity contribution < 1.29 is 43.1 Å². The zero-order chi connectivity index (χ0) is 22.6. The molecule has 0 aromatic carbocycles. The van der Waals surface area contributed by atoms with Crippen LogP contribution in [0.3, 0.4) is 0 Å². The molecule has 1 aliphatic rings. The first-order valence-corrected chi connectivity index (χ1v) is 14.3. The molecule has 6 N–H and O–H groups in total. The molecule has 30 heavy (non-hydrogen) atoms. The molecule has 172 valence electrons. The maximum Gasteiger partial charge on any atom is 0.339 e. The van der Waals surface area contributed by atoms with E-state index in [2.05, 4.69) is 4.98 Å². The Hall–Kier alpha value is -0.520. The van der Waals surface area contributed by atoms with Crippen molar-refractivity contribution in [2.24, 2.45) is 0 Å². The monoisotopic (exact) mass is 488 g/mol. The van der Waals surface area contributed by atoms with Gasteiger partial charge < -0.3 is 29.4 Å². The Balaban J connectivity index is 2.32. The van der Waals surface area contributed by atoms with Gasteiger partial charge in [-0.3, -0.25) is 33.4 Å². The highest BCUT2D eigenvalue weighted by atomic mass is 31.2. The van der Waals surface area contributed by atoms with E-state index in [1.54, 1.807) is 18.2 Å². The van der Waals surface area contributed by atoms with Crippen molar-refractivity contribution in [3.8, 4) is 0 Å². The SMILES string of the molecule is O=P(O)(O)CN1CCN(CP(=O)(O)O)Cc2cccc(n2)CN(CP(=O)(O)O)CC1. The van der Waals surface area contributed by atoms with Crippen LogP contribution in [-0.2, 0) is 26.8 Å². The molecule has 1 aromatic heterocycles. The van der Waals surface area contributed by atoms with Gasteiger partial charge in [0.25, 0.3) is 0 Å². The van der Waals surface area contributed by atoms with Crippen LogP contribution >= 0.6 is 22.8 Å². The molecule has 1 aliphatic heterocycles. The van der Waals surface area contributed by atoms with Gasteiger partial charge in [-0.2, -0.15) is 0 Å². The highest BCUT2D eigenvalue weighted by Crippen LogP contribution is 2.38. The summed E-state index contributed by atoms with van der Waals surface area (Å²) in [6, 6.07) is 5.04. The van der Waals surface area contributed by atoms with Crippen molar-refractivity contribution in [1.29, 1.82) is 0 Å². The van der Waals surface area contributed by atoms with Gasteiger partial charge in [-0.05, 0) is 12.1 Å². The van der Waals surface area contributed by atoms with Crippen LogP contribution in [0, 0.1) is 0 Å². The van der Waals surface area contributed by atoms with E-state index >= 15 is 0 Å². The van der Waals surface area contributed by atoms with E-state index in [1.807, 2.05) is 0 Å². The van der Waals surface area contributed by atoms with Gasteiger partial charge in [-0.1, -0.05) is 6.07 Å². The standard InChI is InChI=1S/C14H27N4O9P3/c19-28(20,21)10-16-4-6-17(11-29(22,23)24)8-13-2-1-3-14(15-13)9-18(7-5-16)12-30(25,26)27/h1-3H,4-12H2,(H2,19,20,21)(H2,22,23,24)(H2,25,26,27). The topological polar surface area (TPSA) is 195 Å². The van der Waals surface area contributed by atoms with Crippen molar-refractivity contribution in [1.82, 2.24) is 19.7 Å². The van der Waals surface area contributed by atoms with Crippen LogP contribution in [0.4, 0.5) is 0 Å². The fraction of sp³-hybridized carbons (Fsp3) is 0.643. The Labute approximate surface area is 173 Å². The number of rotatable bonds is 6. The first-order valence-electron chi connectivity index (χ1n) is 8.94. The molecule has 2 rings (SSSR count). The van der Waals surface area contributed by atoms with Gasteiger partial charge in [0, 0.05) is 39.3 Å². The average Bonchev–Trinajstić information content (AvgIpc) is 2.52. The fourth-order valence-corrected chi connectivity index (χ4v) is 5.49. The van der Waals surface area contributed by atoms with E-state index in [4.69, 9.17) is 0 Å². The van der Waals surface area contributed by atoms with Gasteiger partial charge in [0.1, 0.15) is 18.9 Å². The van der Waals surface area contributed by atoms with Gasteiger partial charge in [-0.25, -0.2) is 0 Å². The molecule has 0 spiro atoms. The third-order valence-corrected chi connectivity index (χ3v) is 6.56. The van der Waals surface area contributed by atoms with Gasteiger partial charge >= 0.3 is 22.8 Å². The van der Waals surface area contributed by atoms with Crippen LogP contribution in [0.1, 0.15) is 11.4 Å². The Morgan fingerprint density at radius 3 is 1.37 bits per heavy atom. The predicted molar refractivity (Wildman–Crippen MR) is 107 cm³/mol. The summed E-state index contributed by atoms with van der Waals surface area (Å²) in [5.74, 6) is 0. The lowest BCUT2D eigenvalue weighted by Crippen LogP contribution is -2.41. The Kier molecular flexibility index (Phi) is 8.92. The number of hydrogen-bond acceptors (Lipinski definition) is 7. The lowest BCUT2D eigenvalue weighted by Gasteiger charge is -2.31. The molecule has 1 aromatic rings. The quantitative estimate of drug-likeness (QED) is 0.278. The molecule has 0 saturated heterocycles. The average molecular weight is 488 g/mol. The van der Waals surface area contributed by atoms with Crippen molar-refractivity contribution >= 4 is 22.8 Å². The van der Waals surface area contributed by atoms with E-state index in [0.29, 0.717) is 11.4 Å². The molecule has 2 heterocycles. The normalized spacial score (nSPS) is 19.3. The maximum atomic E-state index is 11.5. The number of hydrogen-bond donors (Lipinski definition) is 6. The van der Waals surface area contributed by atoms with Crippen molar-refractivity contribution in [2.75, 3.05) is 45.0 Å². The predicted octanol–water partition coefficient (Wildman–Crippen LogP) is -0.593. The summed E-state index contributed by atoms with van der Waals surface area (Å²) in [6.45, 7) is 0.594. The van der Waals surface area contributed by atoms with E-state index < -0.39 is 41.6 Å². The zero-order valence-corrected chi connectivity index (χ0v) is 18.8. The summed E-state index contributed by atoms with van der Waals surface area (Å²) in [6.07, 6.45) is -1.65. The lowest BCUT2D eigenvalue weighted by molar-refractivity contribution is 0.181. The fourth-order valence-electron chi connectivity index (χ4n) is 3.16. The van der Waals surface area contributed by atoms with Crippen LogP contribution < -0.4 is 0 Å². The zero-order valence-electron chi connectivity index (χ0n) is 16.1. The largest absolute Gasteiger partial charge is 0.339 e. The summed E-state index contributed by atoms with van der Waals surface area (Å²) >= 11 is 0. The van der Waals surface area contributed by atoms with Crippen LogP contribution in [0.25, 0.3) is 0 Å². The molecule has 0 unspecified atom stereocenters. The summed E-state index contributed by atoms with van der Waals surface area (Å²) in [5, 5.41) is 0. The first-order chi connectivity index (χ1) is 13.7. The second-order valence-electron chi connectivity index (χ2n) is 7.26.